The standard InChI is InChI=1S/C12H13NO/c1-8-4-5-10-7-9(2)12(14)13(3)11(10)6-8/h4-7H,1-3H3. The predicted molar refractivity (Wildman–Crippen MR) is 58.7 cm³/mol. The van der Waals surface area contributed by atoms with Crippen molar-refractivity contribution in [2.75, 3.05) is 0 Å². The smallest absolute Gasteiger partial charge is 0.253 e. The Kier molecular flexibility index (Phi) is 1.92. The minimum Gasteiger partial charge on any atom is -0.311 e. The Morgan fingerprint density at radius 1 is 1.14 bits per heavy atom. The molecule has 72 valence electrons. The van der Waals surface area contributed by atoms with Gasteiger partial charge in [0.2, 0.25) is 0 Å². The average Bonchev–Trinajstić information content (AvgIpc) is 2.16. The molecule has 0 N–H and O–H groups in total. The summed E-state index contributed by atoms with van der Waals surface area (Å²) in [6, 6.07) is 8.09. The average molecular weight is 187 g/mol. The zero-order valence-electron chi connectivity index (χ0n) is 8.66. The monoisotopic (exact) mass is 187 g/mol. The Bertz CT molecular complexity index is 552. The van der Waals surface area contributed by atoms with Gasteiger partial charge in [0, 0.05) is 12.6 Å². The van der Waals surface area contributed by atoms with Crippen LogP contribution in [0.3, 0.4) is 0 Å². The van der Waals surface area contributed by atoms with Crippen molar-refractivity contribution < 1.29 is 0 Å². The first kappa shape index (κ1) is 9.00. The van der Waals surface area contributed by atoms with Crippen molar-refractivity contribution in [1.29, 1.82) is 0 Å². The van der Waals surface area contributed by atoms with Gasteiger partial charge in [0.1, 0.15) is 0 Å². The predicted octanol–water partition coefficient (Wildman–Crippen LogP) is 2.16. The second kappa shape index (κ2) is 2.98. The molecular weight excluding hydrogens is 174 g/mol. The van der Waals surface area contributed by atoms with Gasteiger partial charge in [-0.15, -0.1) is 0 Å². The van der Waals surface area contributed by atoms with E-state index in [1.807, 2.05) is 33.0 Å². The lowest BCUT2D eigenvalue weighted by Crippen LogP contribution is -2.19. The molecule has 1 heterocycles. The fourth-order valence-electron chi connectivity index (χ4n) is 1.74. The topological polar surface area (TPSA) is 22.0 Å². The highest BCUT2D eigenvalue weighted by atomic mass is 16.1. The largest absolute Gasteiger partial charge is 0.311 e. The minimum atomic E-state index is 0.0862. The van der Waals surface area contributed by atoms with E-state index >= 15 is 0 Å². The fourth-order valence-corrected chi connectivity index (χ4v) is 1.74. The van der Waals surface area contributed by atoms with Gasteiger partial charge < -0.3 is 4.57 Å². The first-order valence-electron chi connectivity index (χ1n) is 4.66. The van der Waals surface area contributed by atoms with Gasteiger partial charge >= 0.3 is 0 Å². The minimum absolute atomic E-state index is 0.0862. The van der Waals surface area contributed by atoms with Crippen molar-refractivity contribution in [3.05, 3.63) is 45.7 Å². The van der Waals surface area contributed by atoms with Crippen molar-refractivity contribution in [3.8, 4) is 0 Å². The Morgan fingerprint density at radius 2 is 1.86 bits per heavy atom. The van der Waals surface area contributed by atoms with Gasteiger partial charge in [0.05, 0.1) is 5.52 Å². The number of benzene rings is 1. The molecule has 2 aromatic rings. The van der Waals surface area contributed by atoms with Crippen molar-refractivity contribution in [1.82, 2.24) is 4.57 Å². The van der Waals surface area contributed by atoms with E-state index in [1.54, 1.807) is 4.57 Å². The zero-order valence-corrected chi connectivity index (χ0v) is 8.66. The maximum Gasteiger partial charge on any atom is 0.253 e. The van der Waals surface area contributed by atoms with Crippen LogP contribution in [-0.4, -0.2) is 4.57 Å². The highest BCUT2D eigenvalue weighted by molar-refractivity contribution is 5.80. The number of rotatable bonds is 0. The lowest BCUT2D eigenvalue weighted by atomic mass is 10.1. The maximum absolute atomic E-state index is 11.7. The number of nitrogens with zero attached hydrogens (tertiary/aromatic N) is 1. The summed E-state index contributed by atoms with van der Waals surface area (Å²) in [5, 5.41) is 1.12. The van der Waals surface area contributed by atoms with E-state index in [1.165, 1.54) is 5.56 Å². The van der Waals surface area contributed by atoms with E-state index in [0.717, 1.165) is 16.5 Å². The van der Waals surface area contributed by atoms with Gasteiger partial charge in [-0.3, -0.25) is 4.79 Å². The summed E-state index contributed by atoms with van der Waals surface area (Å²) in [7, 11) is 1.82. The van der Waals surface area contributed by atoms with Crippen LogP contribution in [0.4, 0.5) is 0 Å². The van der Waals surface area contributed by atoms with Crippen LogP contribution in [0.1, 0.15) is 11.1 Å². The van der Waals surface area contributed by atoms with Crippen LogP contribution < -0.4 is 5.56 Å². The van der Waals surface area contributed by atoms with E-state index in [-0.39, 0.29) is 5.56 Å². The van der Waals surface area contributed by atoms with E-state index < -0.39 is 0 Å². The number of aryl methyl sites for hydroxylation is 3. The van der Waals surface area contributed by atoms with Crippen molar-refractivity contribution in [2.24, 2.45) is 7.05 Å². The molecule has 14 heavy (non-hydrogen) atoms. The van der Waals surface area contributed by atoms with Gasteiger partial charge in [0.15, 0.2) is 0 Å². The van der Waals surface area contributed by atoms with Gasteiger partial charge in [-0.1, -0.05) is 12.1 Å². The normalized spacial score (nSPS) is 10.8. The van der Waals surface area contributed by atoms with Crippen LogP contribution >= 0.6 is 0 Å². The molecule has 2 rings (SSSR count). The van der Waals surface area contributed by atoms with E-state index in [2.05, 4.69) is 12.1 Å². The summed E-state index contributed by atoms with van der Waals surface area (Å²) in [5.74, 6) is 0. The quantitative estimate of drug-likeness (QED) is 0.619. The molecule has 0 aliphatic heterocycles. The van der Waals surface area contributed by atoms with E-state index in [0.29, 0.717) is 0 Å². The molecule has 0 radical (unpaired) electrons. The van der Waals surface area contributed by atoms with Gasteiger partial charge in [-0.2, -0.15) is 0 Å². The number of fused-ring (bicyclic) bond motifs is 1. The van der Waals surface area contributed by atoms with Crippen molar-refractivity contribution in [3.63, 3.8) is 0 Å². The Balaban J connectivity index is 2.99. The molecule has 0 aliphatic carbocycles. The summed E-state index contributed by atoms with van der Waals surface area (Å²) in [6.45, 7) is 3.88. The lowest BCUT2D eigenvalue weighted by Gasteiger charge is -2.06. The second-order valence-electron chi connectivity index (χ2n) is 3.75. The SMILES string of the molecule is Cc1ccc2cc(C)c(=O)n(C)c2c1. The van der Waals surface area contributed by atoms with Crippen LogP contribution in [-0.2, 0) is 7.05 Å². The Labute approximate surface area is 82.8 Å². The summed E-state index contributed by atoms with van der Waals surface area (Å²) in [6.07, 6.45) is 0. The molecule has 2 nitrogen and oxygen atoms in total. The third-order valence-electron chi connectivity index (χ3n) is 2.56. The molecule has 2 heteroatoms. The summed E-state index contributed by atoms with van der Waals surface area (Å²) >= 11 is 0. The number of hydrogen-bond acceptors (Lipinski definition) is 1. The number of pyridine rings is 1. The van der Waals surface area contributed by atoms with Crippen LogP contribution in [0.15, 0.2) is 29.1 Å². The third-order valence-corrected chi connectivity index (χ3v) is 2.56. The first-order valence-corrected chi connectivity index (χ1v) is 4.66. The first-order chi connectivity index (χ1) is 6.59. The van der Waals surface area contributed by atoms with Gasteiger partial charge in [0.25, 0.3) is 5.56 Å². The maximum atomic E-state index is 11.7. The molecule has 0 amide bonds. The Morgan fingerprint density at radius 3 is 2.57 bits per heavy atom. The zero-order chi connectivity index (χ0) is 10.3. The van der Waals surface area contributed by atoms with E-state index in [9.17, 15) is 4.79 Å². The number of aromatic nitrogens is 1. The molecular formula is C12H13NO. The summed E-state index contributed by atoms with van der Waals surface area (Å²) < 4.78 is 1.71. The molecule has 1 aromatic heterocycles. The second-order valence-corrected chi connectivity index (χ2v) is 3.75. The molecule has 0 fully saturated rings. The van der Waals surface area contributed by atoms with Crippen LogP contribution in [0.25, 0.3) is 10.9 Å². The molecule has 0 saturated heterocycles. The van der Waals surface area contributed by atoms with Gasteiger partial charge in [-0.05, 0) is 36.9 Å². The highest BCUT2D eigenvalue weighted by Crippen LogP contribution is 2.14. The third kappa shape index (κ3) is 1.23. The summed E-state index contributed by atoms with van der Waals surface area (Å²) in [5.41, 5.74) is 3.06. The van der Waals surface area contributed by atoms with E-state index in [4.69, 9.17) is 0 Å². The van der Waals surface area contributed by atoms with Crippen LogP contribution in [0.5, 0.6) is 0 Å². The molecule has 0 atom stereocenters. The van der Waals surface area contributed by atoms with Crippen LogP contribution in [0.2, 0.25) is 0 Å². The summed E-state index contributed by atoms with van der Waals surface area (Å²) in [4.78, 5) is 11.7. The molecule has 0 unspecified atom stereocenters. The molecule has 0 spiro atoms. The Hall–Kier alpha value is -1.57. The molecule has 1 aromatic carbocycles. The van der Waals surface area contributed by atoms with Crippen molar-refractivity contribution >= 4 is 10.9 Å². The number of hydrogen-bond donors (Lipinski definition) is 0. The van der Waals surface area contributed by atoms with Gasteiger partial charge in [-0.25, -0.2) is 0 Å². The molecule has 0 saturated carbocycles. The van der Waals surface area contributed by atoms with Crippen molar-refractivity contribution in [2.45, 2.75) is 13.8 Å². The lowest BCUT2D eigenvalue weighted by molar-refractivity contribution is 0.893. The molecule has 0 aliphatic rings. The fraction of sp³-hybridized carbons (Fsp3) is 0.250. The highest BCUT2D eigenvalue weighted by Gasteiger charge is 2.02. The molecule has 0 bridgehead atoms. The van der Waals surface area contributed by atoms with Crippen LogP contribution in [0, 0.1) is 13.8 Å².